The van der Waals surface area contributed by atoms with E-state index in [1.807, 2.05) is 24.9 Å². The topological polar surface area (TPSA) is 85.0 Å². The van der Waals surface area contributed by atoms with Gasteiger partial charge in [0, 0.05) is 42.5 Å². The third-order valence-electron chi connectivity index (χ3n) is 6.87. The molecule has 2 N–H and O–H groups in total. The standard InChI is InChI=1S/C26H27F2N5O2/c1-15-21(14-32(2)30-15)17-5-6-18-13-33(31-24(18)11-17)20-7-3-16(4-8-20)12-29-26(35)19-9-22(27)25(34)23(28)10-19/h5-6,9-11,13-14,16,20,34H,3-4,7-8,12H2,1-2H3,(H,29,35)/t16-,20-. The lowest BCUT2D eigenvalue weighted by Gasteiger charge is -2.28. The van der Waals surface area contributed by atoms with Crippen LogP contribution in [0.25, 0.3) is 22.0 Å². The molecule has 9 heteroatoms. The van der Waals surface area contributed by atoms with Crippen LogP contribution in [0.15, 0.2) is 42.7 Å². The molecule has 1 aliphatic rings. The average Bonchev–Trinajstić information content (AvgIpc) is 3.42. The van der Waals surface area contributed by atoms with E-state index in [0.29, 0.717) is 12.6 Å². The summed E-state index contributed by atoms with van der Waals surface area (Å²) < 4.78 is 30.9. The molecule has 182 valence electrons. The summed E-state index contributed by atoms with van der Waals surface area (Å²) in [7, 11) is 1.92. The summed E-state index contributed by atoms with van der Waals surface area (Å²) in [6.07, 6.45) is 7.81. The molecule has 0 bridgehead atoms. The smallest absolute Gasteiger partial charge is 0.251 e. The molecule has 2 aromatic carbocycles. The van der Waals surface area contributed by atoms with Crippen LogP contribution in [0.1, 0.15) is 47.8 Å². The highest BCUT2D eigenvalue weighted by atomic mass is 19.1. The van der Waals surface area contributed by atoms with Gasteiger partial charge < -0.3 is 10.4 Å². The van der Waals surface area contributed by atoms with Gasteiger partial charge in [-0.3, -0.25) is 14.2 Å². The van der Waals surface area contributed by atoms with Crippen molar-refractivity contribution in [3.63, 3.8) is 0 Å². The summed E-state index contributed by atoms with van der Waals surface area (Å²) in [6, 6.07) is 8.27. The summed E-state index contributed by atoms with van der Waals surface area (Å²) in [5, 5.41) is 22.3. The summed E-state index contributed by atoms with van der Waals surface area (Å²) >= 11 is 0. The molecule has 0 radical (unpaired) electrons. The van der Waals surface area contributed by atoms with Crippen LogP contribution in [-0.4, -0.2) is 37.1 Å². The number of aromatic hydroxyl groups is 1. The van der Waals surface area contributed by atoms with Crippen LogP contribution in [0.3, 0.4) is 0 Å². The number of phenols is 1. The monoisotopic (exact) mass is 479 g/mol. The molecule has 2 heterocycles. The van der Waals surface area contributed by atoms with Crippen LogP contribution in [0.4, 0.5) is 8.78 Å². The summed E-state index contributed by atoms with van der Waals surface area (Å²) in [6.45, 7) is 2.44. The van der Waals surface area contributed by atoms with E-state index in [-0.39, 0.29) is 11.5 Å². The van der Waals surface area contributed by atoms with Gasteiger partial charge in [0.2, 0.25) is 0 Å². The zero-order valence-corrected chi connectivity index (χ0v) is 19.6. The van der Waals surface area contributed by atoms with Gasteiger partial charge in [-0.2, -0.15) is 10.2 Å². The van der Waals surface area contributed by atoms with E-state index in [0.717, 1.165) is 65.5 Å². The number of hydrogen-bond donors (Lipinski definition) is 2. The summed E-state index contributed by atoms with van der Waals surface area (Å²) in [4.78, 5) is 12.3. The number of fused-ring (bicyclic) bond motifs is 1. The Balaban J connectivity index is 1.20. The number of hydrogen-bond acceptors (Lipinski definition) is 4. The SMILES string of the molecule is Cc1nn(C)cc1-c1ccc2cn([C@H]3CC[C@H](CNC(=O)c4cc(F)c(O)c(F)c4)CC3)nc2c1. The van der Waals surface area contributed by atoms with Gasteiger partial charge in [-0.15, -0.1) is 0 Å². The van der Waals surface area contributed by atoms with Gasteiger partial charge >= 0.3 is 0 Å². The molecule has 0 aliphatic heterocycles. The second kappa shape index (κ2) is 9.13. The van der Waals surface area contributed by atoms with Crippen LogP contribution in [0, 0.1) is 24.5 Å². The number of nitrogens with zero attached hydrogens (tertiary/aromatic N) is 4. The molecule has 0 spiro atoms. The number of nitrogens with one attached hydrogen (secondary N) is 1. The number of phenolic OH excluding ortho intramolecular Hbond substituents is 1. The van der Waals surface area contributed by atoms with Gasteiger partial charge in [-0.25, -0.2) is 8.78 Å². The molecule has 0 saturated heterocycles. The fourth-order valence-electron chi connectivity index (χ4n) is 4.92. The van der Waals surface area contributed by atoms with Crippen LogP contribution in [0.2, 0.25) is 0 Å². The number of rotatable bonds is 5. The fraction of sp³-hybridized carbons (Fsp3) is 0.346. The Morgan fingerprint density at radius 2 is 1.80 bits per heavy atom. The van der Waals surface area contributed by atoms with Crippen molar-refractivity contribution < 1.29 is 18.7 Å². The lowest BCUT2D eigenvalue weighted by Crippen LogP contribution is -2.31. The van der Waals surface area contributed by atoms with E-state index in [1.54, 1.807) is 0 Å². The predicted molar refractivity (Wildman–Crippen MR) is 128 cm³/mol. The first-order valence-electron chi connectivity index (χ1n) is 11.7. The van der Waals surface area contributed by atoms with Crippen LogP contribution in [-0.2, 0) is 7.05 Å². The van der Waals surface area contributed by atoms with Gasteiger partial charge in [-0.05, 0) is 62.3 Å². The van der Waals surface area contributed by atoms with Crippen molar-refractivity contribution in [2.75, 3.05) is 6.54 Å². The molecule has 1 aliphatic carbocycles. The molecular weight excluding hydrogens is 452 g/mol. The van der Waals surface area contributed by atoms with Crippen molar-refractivity contribution in [1.82, 2.24) is 24.9 Å². The maximum Gasteiger partial charge on any atom is 0.251 e. The minimum Gasteiger partial charge on any atom is -0.503 e. The Morgan fingerprint density at radius 3 is 2.46 bits per heavy atom. The van der Waals surface area contributed by atoms with Crippen molar-refractivity contribution >= 4 is 16.8 Å². The maximum absolute atomic E-state index is 13.5. The molecule has 7 nitrogen and oxygen atoms in total. The molecule has 1 saturated carbocycles. The van der Waals surface area contributed by atoms with Crippen molar-refractivity contribution in [1.29, 1.82) is 0 Å². The van der Waals surface area contributed by atoms with E-state index in [2.05, 4.69) is 39.5 Å². The highest BCUT2D eigenvalue weighted by Gasteiger charge is 2.24. The first-order chi connectivity index (χ1) is 16.8. The number of amides is 1. The summed E-state index contributed by atoms with van der Waals surface area (Å²) in [5.41, 5.74) is 3.99. The van der Waals surface area contributed by atoms with Crippen molar-refractivity contribution in [3.8, 4) is 16.9 Å². The number of aryl methyl sites for hydroxylation is 2. The Morgan fingerprint density at radius 1 is 1.09 bits per heavy atom. The molecular formula is C26H27F2N5O2. The molecule has 0 atom stereocenters. The number of halogens is 2. The average molecular weight is 480 g/mol. The molecule has 1 fully saturated rings. The van der Waals surface area contributed by atoms with Crippen molar-refractivity contribution in [3.05, 3.63) is 65.6 Å². The minimum atomic E-state index is -1.15. The van der Waals surface area contributed by atoms with Gasteiger partial charge in [0.15, 0.2) is 17.4 Å². The lowest BCUT2D eigenvalue weighted by molar-refractivity contribution is 0.0940. The van der Waals surface area contributed by atoms with E-state index in [4.69, 9.17) is 5.10 Å². The number of carbonyl (C=O) groups is 1. The first kappa shape index (κ1) is 23.0. The third kappa shape index (κ3) is 4.62. The summed E-state index contributed by atoms with van der Waals surface area (Å²) in [5.74, 6) is -3.64. The van der Waals surface area contributed by atoms with Crippen molar-refractivity contribution in [2.24, 2.45) is 13.0 Å². The largest absolute Gasteiger partial charge is 0.503 e. The Hall–Kier alpha value is -3.75. The second-order valence-corrected chi connectivity index (χ2v) is 9.36. The van der Waals surface area contributed by atoms with Crippen LogP contribution < -0.4 is 5.32 Å². The zero-order chi connectivity index (χ0) is 24.7. The molecule has 5 rings (SSSR count). The van der Waals surface area contributed by atoms with Gasteiger partial charge in [0.05, 0.1) is 17.3 Å². The molecule has 35 heavy (non-hydrogen) atoms. The first-order valence-corrected chi connectivity index (χ1v) is 11.7. The Bertz CT molecular complexity index is 1380. The van der Waals surface area contributed by atoms with Crippen LogP contribution in [0.5, 0.6) is 5.75 Å². The van der Waals surface area contributed by atoms with Gasteiger partial charge in [0.25, 0.3) is 5.91 Å². The molecule has 0 unspecified atom stereocenters. The lowest BCUT2D eigenvalue weighted by atomic mass is 9.86. The normalized spacial score (nSPS) is 18.2. The quantitative estimate of drug-likeness (QED) is 0.427. The third-order valence-corrected chi connectivity index (χ3v) is 6.87. The van der Waals surface area contributed by atoms with Crippen LogP contribution >= 0.6 is 0 Å². The van der Waals surface area contributed by atoms with Gasteiger partial charge in [-0.1, -0.05) is 12.1 Å². The maximum atomic E-state index is 13.5. The molecule has 2 aromatic heterocycles. The Labute approximate surface area is 201 Å². The predicted octanol–water partition coefficient (Wildman–Crippen LogP) is 4.89. The van der Waals surface area contributed by atoms with Crippen molar-refractivity contribution in [2.45, 2.75) is 38.6 Å². The van der Waals surface area contributed by atoms with Gasteiger partial charge in [0.1, 0.15) is 0 Å². The highest BCUT2D eigenvalue weighted by molar-refractivity contribution is 5.94. The van der Waals surface area contributed by atoms with E-state index < -0.39 is 23.3 Å². The van der Waals surface area contributed by atoms with E-state index in [9.17, 15) is 18.7 Å². The molecule has 4 aromatic rings. The minimum absolute atomic E-state index is 0.143. The fourth-order valence-corrected chi connectivity index (χ4v) is 4.92. The number of carbonyl (C=O) groups excluding carboxylic acids is 1. The number of benzene rings is 2. The van der Waals surface area contributed by atoms with E-state index in [1.165, 1.54) is 0 Å². The Kier molecular flexibility index (Phi) is 6.00. The highest BCUT2D eigenvalue weighted by Crippen LogP contribution is 2.33. The second-order valence-electron chi connectivity index (χ2n) is 9.36. The molecule has 1 amide bonds. The number of aromatic nitrogens is 4. The zero-order valence-electron chi connectivity index (χ0n) is 19.6. The van der Waals surface area contributed by atoms with E-state index >= 15 is 0 Å².